The van der Waals surface area contributed by atoms with E-state index in [2.05, 4.69) is 15.5 Å². The van der Waals surface area contributed by atoms with E-state index in [0.29, 0.717) is 5.82 Å². The highest BCUT2D eigenvalue weighted by Gasteiger charge is 2.12. The summed E-state index contributed by atoms with van der Waals surface area (Å²) in [7, 11) is 0. The number of amides is 1. The average Bonchev–Trinajstić information content (AvgIpc) is 2.64. The minimum Gasteiger partial charge on any atom is -0.305 e. The summed E-state index contributed by atoms with van der Waals surface area (Å²) in [5.74, 6) is -0.482. The van der Waals surface area contributed by atoms with Crippen molar-refractivity contribution in [1.29, 1.82) is 0 Å². The normalized spacial score (nSPS) is 10.4. The zero-order valence-corrected chi connectivity index (χ0v) is 10.6. The van der Waals surface area contributed by atoms with Gasteiger partial charge in [-0.25, -0.2) is 4.39 Å². The summed E-state index contributed by atoms with van der Waals surface area (Å²) >= 11 is 5.62. The number of benzene rings is 1. The largest absolute Gasteiger partial charge is 0.305 e. The molecule has 0 unspecified atom stereocenters. The second-order valence-electron chi connectivity index (χ2n) is 3.91. The Balaban J connectivity index is 2.22. The van der Waals surface area contributed by atoms with Crippen LogP contribution in [0.1, 0.15) is 21.6 Å². The van der Waals surface area contributed by atoms with E-state index in [4.69, 9.17) is 11.6 Å². The highest BCUT2D eigenvalue weighted by atomic mass is 35.5. The van der Waals surface area contributed by atoms with Gasteiger partial charge in [-0.15, -0.1) is 0 Å². The number of carbonyl (C=O) groups excluding carboxylic acids is 1. The molecule has 4 nitrogen and oxygen atoms in total. The fourth-order valence-electron chi connectivity index (χ4n) is 1.42. The first-order chi connectivity index (χ1) is 8.49. The third-order valence-electron chi connectivity index (χ3n) is 2.67. The van der Waals surface area contributed by atoms with Crippen LogP contribution in [0.3, 0.4) is 0 Å². The van der Waals surface area contributed by atoms with Crippen LogP contribution in [-0.2, 0) is 0 Å². The Labute approximate surface area is 108 Å². The number of nitrogens with one attached hydrogen (secondary N) is 2. The molecule has 0 spiro atoms. The number of anilines is 1. The average molecular weight is 268 g/mol. The molecule has 1 aromatic heterocycles. The Morgan fingerprint density at radius 2 is 2.17 bits per heavy atom. The van der Waals surface area contributed by atoms with Crippen molar-refractivity contribution in [3.63, 3.8) is 0 Å². The Morgan fingerprint density at radius 1 is 1.44 bits per heavy atom. The number of halogens is 2. The first-order valence-corrected chi connectivity index (χ1v) is 5.65. The summed E-state index contributed by atoms with van der Waals surface area (Å²) in [6, 6.07) is 3.80. The van der Waals surface area contributed by atoms with Gasteiger partial charge in [-0.1, -0.05) is 11.6 Å². The molecule has 0 aliphatic rings. The summed E-state index contributed by atoms with van der Waals surface area (Å²) in [5.41, 5.74) is 2.01. The first-order valence-electron chi connectivity index (χ1n) is 5.27. The van der Waals surface area contributed by atoms with Crippen LogP contribution < -0.4 is 5.32 Å². The summed E-state index contributed by atoms with van der Waals surface area (Å²) in [5, 5.41) is 9.27. The van der Waals surface area contributed by atoms with Gasteiger partial charge in [0.1, 0.15) is 5.82 Å². The minimum atomic E-state index is -0.556. The maximum atomic E-state index is 13.0. The number of hydrogen-bond donors (Lipinski definition) is 2. The molecule has 2 rings (SSSR count). The Kier molecular flexibility index (Phi) is 3.34. The molecule has 18 heavy (non-hydrogen) atoms. The molecule has 0 atom stereocenters. The number of aromatic nitrogens is 2. The topological polar surface area (TPSA) is 57.8 Å². The molecule has 0 aliphatic carbocycles. The van der Waals surface area contributed by atoms with Crippen LogP contribution in [0.25, 0.3) is 0 Å². The molecule has 2 N–H and O–H groups in total. The van der Waals surface area contributed by atoms with Gasteiger partial charge < -0.3 is 5.32 Å². The highest BCUT2D eigenvalue weighted by Crippen LogP contribution is 2.18. The molecule has 0 aliphatic heterocycles. The van der Waals surface area contributed by atoms with E-state index < -0.39 is 5.82 Å². The second kappa shape index (κ2) is 4.78. The Hall–Kier alpha value is -1.88. The highest BCUT2D eigenvalue weighted by molar-refractivity contribution is 6.31. The zero-order valence-electron chi connectivity index (χ0n) is 9.84. The van der Waals surface area contributed by atoms with Crippen LogP contribution in [0.5, 0.6) is 0 Å². The summed E-state index contributed by atoms with van der Waals surface area (Å²) in [6.07, 6.45) is 0. The summed E-state index contributed by atoms with van der Waals surface area (Å²) in [4.78, 5) is 11.9. The van der Waals surface area contributed by atoms with E-state index in [9.17, 15) is 9.18 Å². The van der Waals surface area contributed by atoms with Gasteiger partial charge >= 0.3 is 0 Å². The van der Waals surface area contributed by atoms with Crippen molar-refractivity contribution in [3.8, 4) is 0 Å². The number of nitrogens with zero attached hydrogens (tertiary/aromatic N) is 1. The van der Waals surface area contributed by atoms with Gasteiger partial charge in [0, 0.05) is 16.8 Å². The fourth-order valence-corrected chi connectivity index (χ4v) is 1.60. The monoisotopic (exact) mass is 267 g/mol. The summed E-state index contributed by atoms with van der Waals surface area (Å²) in [6.45, 7) is 3.69. The Morgan fingerprint density at radius 3 is 2.72 bits per heavy atom. The van der Waals surface area contributed by atoms with Gasteiger partial charge in [0.05, 0.1) is 5.02 Å². The van der Waals surface area contributed by atoms with Crippen molar-refractivity contribution >= 4 is 23.3 Å². The van der Waals surface area contributed by atoms with Crippen LogP contribution >= 0.6 is 11.6 Å². The summed E-state index contributed by atoms with van der Waals surface area (Å²) < 4.78 is 13.0. The number of carbonyl (C=O) groups is 1. The molecule has 0 fully saturated rings. The fraction of sp³-hybridized carbons (Fsp3) is 0.167. The molecule has 0 radical (unpaired) electrons. The molecule has 1 aromatic carbocycles. The van der Waals surface area contributed by atoms with Gasteiger partial charge in [0.25, 0.3) is 5.91 Å². The van der Waals surface area contributed by atoms with Crippen molar-refractivity contribution in [2.75, 3.05) is 5.32 Å². The van der Waals surface area contributed by atoms with Crippen LogP contribution in [-0.4, -0.2) is 16.1 Å². The molecule has 0 bridgehead atoms. The molecule has 0 saturated carbocycles. The molecule has 1 heterocycles. The van der Waals surface area contributed by atoms with E-state index in [1.807, 2.05) is 13.8 Å². The lowest BCUT2D eigenvalue weighted by Crippen LogP contribution is -2.13. The molecular formula is C12H11ClFN3O. The third kappa shape index (κ3) is 2.36. The number of hydrogen-bond acceptors (Lipinski definition) is 2. The van der Waals surface area contributed by atoms with Crippen molar-refractivity contribution in [2.24, 2.45) is 0 Å². The predicted molar refractivity (Wildman–Crippen MR) is 67.4 cm³/mol. The number of aryl methyl sites for hydroxylation is 1. The Bertz CT molecular complexity index is 609. The van der Waals surface area contributed by atoms with Gasteiger partial charge in [0.15, 0.2) is 5.82 Å². The maximum Gasteiger partial charge on any atom is 0.256 e. The van der Waals surface area contributed by atoms with E-state index >= 15 is 0 Å². The molecule has 1 amide bonds. The number of aromatic amines is 1. The van der Waals surface area contributed by atoms with Crippen molar-refractivity contribution in [1.82, 2.24) is 10.2 Å². The van der Waals surface area contributed by atoms with Crippen molar-refractivity contribution in [3.05, 3.63) is 45.9 Å². The molecule has 2 aromatic rings. The van der Waals surface area contributed by atoms with Crippen LogP contribution in [0.4, 0.5) is 10.2 Å². The van der Waals surface area contributed by atoms with Gasteiger partial charge in [0.2, 0.25) is 0 Å². The van der Waals surface area contributed by atoms with Gasteiger partial charge in [-0.05, 0) is 32.0 Å². The van der Waals surface area contributed by atoms with Crippen molar-refractivity contribution in [2.45, 2.75) is 13.8 Å². The number of rotatable bonds is 2. The van der Waals surface area contributed by atoms with Crippen LogP contribution in [0.15, 0.2) is 18.2 Å². The zero-order chi connectivity index (χ0) is 13.3. The van der Waals surface area contributed by atoms with E-state index in [1.54, 1.807) is 0 Å². The second-order valence-corrected chi connectivity index (χ2v) is 4.31. The van der Waals surface area contributed by atoms with E-state index in [-0.39, 0.29) is 16.5 Å². The molecule has 6 heteroatoms. The quantitative estimate of drug-likeness (QED) is 0.878. The van der Waals surface area contributed by atoms with Crippen LogP contribution in [0, 0.1) is 19.7 Å². The third-order valence-corrected chi connectivity index (χ3v) is 2.96. The van der Waals surface area contributed by atoms with Gasteiger partial charge in [-0.2, -0.15) is 5.10 Å². The molecule has 94 valence electrons. The minimum absolute atomic E-state index is 0.0856. The predicted octanol–water partition coefficient (Wildman–Crippen LogP) is 3.07. The van der Waals surface area contributed by atoms with Crippen LogP contribution in [0.2, 0.25) is 5.02 Å². The number of H-pyrrole nitrogens is 1. The lowest BCUT2D eigenvalue weighted by molar-refractivity contribution is 0.102. The van der Waals surface area contributed by atoms with E-state index in [0.717, 1.165) is 17.3 Å². The standard InChI is InChI=1S/C12H11ClFN3O/c1-6-7(2)16-17-11(6)15-12(18)8-3-4-10(14)9(13)5-8/h3-5H,1-2H3,(H2,15,16,17,18). The maximum absolute atomic E-state index is 13.0. The first kappa shape index (κ1) is 12.6. The molecule has 0 saturated heterocycles. The lowest BCUT2D eigenvalue weighted by atomic mass is 10.2. The van der Waals surface area contributed by atoms with Gasteiger partial charge in [-0.3, -0.25) is 9.89 Å². The van der Waals surface area contributed by atoms with Crippen molar-refractivity contribution < 1.29 is 9.18 Å². The lowest BCUT2D eigenvalue weighted by Gasteiger charge is -2.04. The SMILES string of the molecule is Cc1[nH]nc(NC(=O)c2ccc(F)c(Cl)c2)c1C. The smallest absolute Gasteiger partial charge is 0.256 e. The molecular weight excluding hydrogens is 257 g/mol. The van der Waals surface area contributed by atoms with E-state index in [1.165, 1.54) is 12.1 Å².